The number of hydrogen-bond donors (Lipinski definition) is 2. The molecule has 1 aromatic heterocycles. The number of hydrogen-bond acceptors (Lipinski definition) is 4. The smallest absolute Gasteiger partial charge is 0.142 e. The molecule has 0 aromatic carbocycles. The third-order valence-electron chi connectivity index (χ3n) is 1.84. The minimum absolute atomic E-state index is 0.783. The van der Waals surface area contributed by atoms with Gasteiger partial charge in [0.25, 0.3) is 0 Å². The molecule has 3 N–H and O–H groups in total. The molecule has 0 saturated carbocycles. The fourth-order valence-corrected chi connectivity index (χ4v) is 1.59. The van der Waals surface area contributed by atoms with E-state index in [0.29, 0.717) is 0 Å². The number of halogens is 1. The summed E-state index contributed by atoms with van der Waals surface area (Å²) in [4.78, 5) is 8.07. The maximum Gasteiger partial charge on any atom is 0.142 e. The Labute approximate surface area is 97.8 Å². The van der Waals surface area contributed by atoms with Crippen LogP contribution in [-0.4, -0.2) is 23.1 Å². The zero-order valence-corrected chi connectivity index (χ0v) is 10.2. The Balaban J connectivity index is 2.21. The van der Waals surface area contributed by atoms with E-state index in [-0.39, 0.29) is 0 Å². The lowest BCUT2D eigenvalue weighted by Crippen LogP contribution is -2.06. The van der Waals surface area contributed by atoms with Crippen LogP contribution in [0.15, 0.2) is 12.5 Å². The lowest BCUT2D eigenvalue weighted by Gasteiger charge is -2.05. The number of unbranched alkanes of at least 4 members (excludes halogenated alkanes) is 2. The van der Waals surface area contributed by atoms with Crippen LogP contribution in [0, 0.1) is 3.57 Å². The Bertz CT molecular complexity index is 267. The lowest BCUT2D eigenvalue weighted by molar-refractivity contribution is 0.706. The topological polar surface area (TPSA) is 63.8 Å². The van der Waals surface area contributed by atoms with Gasteiger partial charge in [0.1, 0.15) is 12.1 Å². The molecule has 1 heterocycles. The van der Waals surface area contributed by atoms with E-state index in [1.807, 2.05) is 0 Å². The number of anilines is 1. The molecule has 0 radical (unpaired) electrons. The van der Waals surface area contributed by atoms with E-state index in [9.17, 15) is 0 Å². The van der Waals surface area contributed by atoms with Gasteiger partial charge in [-0.05, 0) is 42.0 Å². The largest absolute Gasteiger partial charge is 0.369 e. The number of rotatable bonds is 6. The van der Waals surface area contributed by atoms with Crippen LogP contribution < -0.4 is 11.1 Å². The Morgan fingerprint density at radius 1 is 1.36 bits per heavy atom. The number of aromatic nitrogens is 2. The lowest BCUT2D eigenvalue weighted by atomic mass is 10.2. The molecule has 0 fully saturated rings. The van der Waals surface area contributed by atoms with Crippen LogP contribution in [0.25, 0.3) is 0 Å². The second-order valence-corrected chi connectivity index (χ2v) is 4.16. The predicted molar refractivity (Wildman–Crippen MR) is 66.1 cm³/mol. The van der Waals surface area contributed by atoms with E-state index in [4.69, 9.17) is 5.73 Å². The van der Waals surface area contributed by atoms with E-state index in [1.54, 1.807) is 12.5 Å². The van der Waals surface area contributed by atoms with Crippen LogP contribution in [0.5, 0.6) is 0 Å². The molecule has 1 aromatic rings. The van der Waals surface area contributed by atoms with Gasteiger partial charge in [0.2, 0.25) is 0 Å². The molecule has 0 bridgehead atoms. The van der Waals surface area contributed by atoms with Crippen molar-refractivity contribution in [2.24, 2.45) is 5.73 Å². The van der Waals surface area contributed by atoms with Crippen molar-refractivity contribution in [3.63, 3.8) is 0 Å². The molecule has 0 unspecified atom stereocenters. The first-order valence-corrected chi connectivity index (χ1v) is 5.82. The molecular weight excluding hydrogens is 291 g/mol. The third kappa shape index (κ3) is 4.19. The Kier molecular flexibility index (Phi) is 5.77. The predicted octanol–water partition coefficient (Wildman–Crippen LogP) is 1.62. The maximum atomic E-state index is 5.40. The molecule has 0 aliphatic carbocycles. The first kappa shape index (κ1) is 11.6. The first-order chi connectivity index (χ1) is 6.84. The zero-order chi connectivity index (χ0) is 10.2. The number of nitrogens with one attached hydrogen (secondary N) is 1. The zero-order valence-electron chi connectivity index (χ0n) is 8.04. The van der Waals surface area contributed by atoms with Crippen molar-refractivity contribution in [3.8, 4) is 0 Å². The van der Waals surface area contributed by atoms with Crippen molar-refractivity contribution in [1.29, 1.82) is 0 Å². The van der Waals surface area contributed by atoms with E-state index >= 15 is 0 Å². The van der Waals surface area contributed by atoms with Crippen LogP contribution >= 0.6 is 22.6 Å². The molecule has 0 amide bonds. The second kappa shape index (κ2) is 6.94. The standard InChI is InChI=1S/C9H15IN4/c10-8-6-12-7-14-9(8)13-5-3-1-2-4-11/h6-7H,1-5,11H2,(H,12,13,14). The third-order valence-corrected chi connectivity index (χ3v) is 2.63. The highest BCUT2D eigenvalue weighted by Gasteiger charge is 1.98. The number of nitrogens with zero attached hydrogens (tertiary/aromatic N) is 2. The summed E-state index contributed by atoms with van der Waals surface area (Å²) < 4.78 is 1.06. The summed E-state index contributed by atoms with van der Waals surface area (Å²) in [6.07, 6.45) is 6.77. The van der Waals surface area contributed by atoms with Crippen LogP contribution in [0.3, 0.4) is 0 Å². The van der Waals surface area contributed by atoms with Gasteiger partial charge in [0.05, 0.1) is 3.57 Å². The average Bonchev–Trinajstić information content (AvgIpc) is 2.20. The van der Waals surface area contributed by atoms with Crippen molar-refractivity contribution < 1.29 is 0 Å². The Morgan fingerprint density at radius 3 is 2.93 bits per heavy atom. The van der Waals surface area contributed by atoms with Gasteiger partial charge in [0.15, 0.2) is 0 Å². The highest BCUT2D eigenvalue weighted by molar-refractivity contribution is 14.1. The Hall–Kier alpha value is -0.430. The molecule has 0 atom stereocenters. The normalized spacial score (nSPS) is 10.1. The molecule has 0 saturated heterocycles. The SMILES string of the molecule is NCCCCCNc1ncncc1I. The van der Waals surface area contributed by atoms with Gasteiger partial charge in [-0.15, -0.1) is 0 Å². The second-order valence-electron chi connectivity index (χ2n) is 3.00. The van der Waals surface area contributed by atoms with E-state index < -0.39 is 0 Å². The highest BCUT2D eigenvalue weighted by atomic mass is 127. The summed E-state index contributed by atoms with van der Waals surface area (Å²) in [5.41, 5.74) is 5.40. The fourth-order valence-electron chi connectivity index (χ4n) is 1.10. The van der Waals surface area contributed by atoms with Crippen LogP contribution in [0.2, 0.25) is 0 Å². The maximum absolute atomic E-state index is 5.40. The van der Waals surface area contributed by atoms with Crippen molar-refractivity contribution in [2.45, 2.75) is 19.3 Å². The molecule has 1 rings (SSSR count). The minimum Gasteiger partial charge on any atom is -0.369 e. The summed E-state index contributed by atoms with van der Waals surface area (Å²) in [6, 6.07) is 0. The van der Waals surface area contributed by atoms with Gasteiger partial charge in [0, 0.05) is 12.7 Å². The van der Waals surface area contributed by atoms with Crippen LogP contribution in [0.1, 0.15) is 19.3 Å². The molecular formula is C9H15IN4. The van der Waals surface area contributed by atoms with Gasteiger partial charge < -0.3 is 11.1 Å². The average molecular weight is 306 g/mol. The first-order valence-electron chi connectivity index (χ1n) is 4.74. The van der Waals surface area contributed by atoms with E-state index in [2.05, 4.69) is 37.9 Å². The molecule has 4 nitrogen and oxygen atoms in total. The van der Waals surface area contributed by atoms with E-state index in [0.717, 1.165) is 35.3 Å². The molecule has 5 heteroatoms. The van der Waals surface area contributed by atoms with Gasteiger partial charge in [-0.25, -0.2) is 9.97 Å². The summed E-state index contributed by atoms with van der Waals surface area (Å²) >= 11 is 2.22. The monoisotopic (exact) mass is 306 g/mol. The van der Waals surface area contributed by atoms with Gasteiger partial charge >= 0.3 is 0 Å². The summed E-state index contributed by atoms with van der Waals surface area (Å²) in [6.45, 7) is 1.73. The molecule has 78 valence electrons. The Morgan fingerprint density at radius 2 is 2.21 bits per heavy atom. The van der Waals surface area contributed by atoms with Crippen molar-refractivity contribution in [1.82, 2.24) is 9.97 Å². The van der Waals surface area contributed by atoms with Gasteiger partial charge in [-0.2, -0.15) is 0 Å². The van der Waals surface area contributed by atoms with Gasteiger partial charge in [-0.3, -0.25) is 0 Å². The summed E-state index contributed by atoms with van der Waals surface area (Å²) in [5, 5.41) is 3.27. The summed E-state index contributed by atoms with van der Waals surface area (Å²) in [5.74, 6) is 0.924. The fraction of sp³-hybridized carbons (Fsp3) is 0.556. The highest BCUT2D eigenvalue weighted by Crippen LogP contribution is 2.12. The number of nitrogens with two attached hydrogens (primary N) is 1. The molecule has 0 aliphatic heterocycles. The van der Waals surface area contributed by atoms with E-state index in [1.165, 1.54) is 6.42 Å². The quantitative estimate of drug-likeness (QED) is 0.619. The van der Waals surface area contributed by atoms with Crippen molar-refractivity contribution in [3.05, 3.63) is 16.1 Å². The van der Waals surface area contributed by atoms with Crippen molar-refractivity contribution >= 4 is 28.4 Å². The van der Waals surface area contributed by atoms with Crippen LogP contribution in [0.4, 0.5) is 5.82 Å². The van der Waals surface area contributed by atoms with Crippen LogP contribution in [-0.2, 0) is 0 Å². The van der Waals surface area contributed by atoms with Crippen molar-refractivity contribution in [2.75, 3.05) is 18.4 Å². The molecule has 14 heavy (non-hydrogen) atoms. The molecule has 0 aliphatic rings. The van der Waals surface area contributed by atoms with Gasteiger partial charge in [-0.1, -0.05) is 6.42 Å². The molecule has 0 spiro atoms. The summed E-state index contributed by atoms with van der Waals surface area (Å²) in [7, 11) is 0. The minimum atomic E-state index is 0.783.